The molecule has 6 heteroatoms. The maximum absolute atomic E-state index is 12.3. The Morgan fingerprint density at radius 2 is 1.69 bits per heavy atom. The zero-order chi connectivity index (χ0) is 20.6. The maximum atomic E-state index is 12.3. The number of esters is 1. The summed E-state index contributed by atoms with van der Waals surface area (Å²) >= 11 is 5.93. The lowest BCUT2D eigenvalue weighted by Gasteiger charge is -2.12. The van der Waals surface area contributed by atoms with E-state index < -0.39 is 18.5 Å². The lowest BCUT2D eigenvalue weighted by molar-refractivity contribution is -0.119. The number of anilines is 1. The van der Waals surface area contributed by atoms with Crippen LogP contribution in [0.2, 0.25) is 5.02 Å². The van der Waals surface area contributed by atoms with Gasteiger partial charge in [-0.25, -0.2) is 4.79 Å². The topological polar surface area (TPSA) is 64.6 Å². The van der Waals surface area contributed by atoms with Gasteiger partial charge in [0, 0.05) is 10.7 Å². The Balaban J connectivity index is 1.63. The van der Waals surface area contributed by atoms with Crippen molar-refractivity contribution in [3.05, 3.63) is 94.5 Å². The van der Waals surface area contributed by atoms with Gasteiger partial charge >= 0.3 is 5.97 Å². The van der Waals surface area contributed by atoms with Crippen LogP contribution in [-0.2, 0) is 16.0 Å². The standard InChI is InChI=1S/C23H20ClNO4/c1-28-21-12-11-18(24)14-19(21)23(27)29-15-22(26)25-20-10-6-5-9-17(20)13-16-7-3-2-4-8-16/h2-12,14H,13,15H2,1H3,(H,25,26). The van der Waals surface area contributed by atoms with Crippen LogP contribution in [0.5, 0.6) is 5.75 Å². The van der Waals surface area contributed by atoms with E-state index in [9.17, 15) is 9.59 Å². The Kier molecular flexibility index (Phi) is 6.87. The molecule has 0 saturated carbocycles. The highest BCUT2D eigenvalue weighted by Crippen LogP contribution is 2.23. The zero-order valence-electron chi connectivity index (χ0n) is 15.9. The second-order valence-electron chi connectivity index (χ2n) is 6.29. The third kappa shape index (κ3) is 5.59. The number of carbonyl (C=O) groups excluding carboxylic acids is 2. The predicted octanol–water partition coefficient (Wildman–Crippen LogP) is 4.73. The first-order valence-electron chi connectivity index (χ1n) is 8.99. The molecule has 0 aliphatic heterocycles. The molecule has 3 rings (SSSR count). The van der Waals surface area contributed by atoms with Crippen molar-refractivity contribution in [2.75, 3.05) is 19.0 Å². The van der Waals surface area contributed by atoms with Crippen LogP contribution >= 0.6 is 11.6 Å². The van der Waals surface area contributed by atoms with Crippen molar-refractivity contribution in [3.8, 4) is 5.75 Å². The molecule has 1 amide bonds. The Morgan fingerprint density at radius 1 is 0.966 bits per heavy atom. The van der Waals surface area contributed by atoms with E-state index >= 15 is 0 Å². The van der Waals surface area contributed by atoms with Gasteiger partial charge in [-0.2, -0.15) is 0 Å². The van der Waals surface area contributed by atoms with Crippen LogP contribution in [-0.4, -0.2) is 25.6 Å². The van der Waals surface area contributed by atoms with Crippen LogP contribution in [0.15, 0.2) is 72.8 Å². The van der Waals surface area contributed by atoms with Gasteiger partial charge in [-0.1, -0.05) is 60.1 Å². The molecule has 3 aromatic rings. The minimum absolute atomic E-state index is 0.164. The quantitative estimate of drug-likeness (QED) is 0.573. The largest absolute Gasteiger partial charge is 0.496 e. The van der Waals surface area contributed by atoms with Crippen molar-refractivity contribution < 1.29 is 19.1 Å². The van der Waals surface area contributed by atoms with E-state index in [1.807, 2.05) is 54.6 Å². The van der Waals surface area contributed by atoms with E-state index in [1.165, 1.54) is 13.2 Å². The summed E-state index contributed by atoms with van der Waals surface area (Å²) in [5, 5.41) is 3.18. The third-order valence-corrected chi connectivity index (χ3v) is 4.48. The molecule has 0 spiro atoms. The fourth-order valence-corrected chi connectivity index (χ4v) is 3.02. The number of rotatable bonds is 7. The second kappa shape index (κ2) is 9.75. The van der Waals surface area contributed by atoms with Gasteiger partial charge in [-0.15, -0.1) is 0 Å². The third-order valence-electron chi connectivity index (χ3n) is 4.24. The van der Waals surface area contributed by atoms with Crippen LogP contribution < -0.4 is 10.1 Å². The van der Waals surface area contributed by atoms with E-state index in [0.29, 0.717) is 22.9 Å². The fourth-order valence-electron chi connectivity index (χ4n) is 2.85. The van der Waals surface area contributed by atoms with Crippen LogP contribution in [0, 0.1) is 0 Å². The van der Waals surface area contributed by atoms with Gasteiger partial charge in [0.15, 0.2) is 6.61 Å². The zero-order valence-corrected chi connectivity index (χ0v) is 16.6. The summed E-state index contributed by atoms with van der Waals surface area (Å²) in [6.07, 6.45) is 0.677. The van der Waals surface area contributed by atoms with E-state index in [4.69, 9.17) is 21.1 Å². The van der Waals surface area contributed by atoms with Gasteiger partial charge in [-0.3, -0.25) is 4.79 Å². The highest BCUT2D eigenvalue weighted by molar-refractivity contribution is 6.31. The highest BCUT2D eigenvalue weighted by atomic mass is 35.5. The number of nitrogens with one attached hydrogen (secondary N) is 1. The van der Waals surface area contributed by atoms with E-state index in [2.05, 4.69) is 5.32 Å². The molecule has 0 fully saturated rings. The Morgan fingerprint density at radius 3 is 2.45 bits per heavy atom. The number of methoxy groups -OCH3 is 1. The smallest absolute Gasteiger partial charge is 0.342 e. The molecule has 0 aromatic heterocycles. The normalized spacial score (nSPS) is 10.3. The van der Waals surface area contributed by atoms with Crippen molar-refractivity contribution in [1.82, 2.24) is 0 Å². The summed E-state index contributed by atoms with van der Waals surface area (Å²) in [5.74, 6) is -0.787. The average molecular weight is 410 g/mol. The molecule has 3 aromatic carbocycles. The molecule has 0 heterocycles. The number of halogens is 1. The summed E-state index contributed by atoms with van der Waals surface area (Å²) in [7, 11) is 1.44. The minimum atomic E-state index is -0.683. The lowest BCUT2D eigenvalue weighted by atomic mass is 10.0. The molecule has 0 atom stereocenters. The molecule has 5 nitrogen and oxygen atoms in total. The number of amides is 1. The van der Waals surface area contributed by atoms with E-state index in [1.54, 1.807) is 12.1 Å². The Bertz CT molecular complexity index is 1000. The molecule has 0 aliphatic carbocycles. The molecule has 0 unspecified atom stereocenters. The van der Waals surface area contributed by atoms with Crippen LogP contribution in [0.25, 0.3) is 0 Å². The molecule has 1 N–H and O–H groups in total. The number of para-hydroxylation sites is 1. The average Bonchev–Trinajstić information content (AvgIpc) is 2.74. The molecule has 148 valence electrons. The SMILES string of the molecule is COc1ccc(Cl)cc1C(=O)OCC(=O)Nc1ccccc1Cc1ccccc1. The summed E-state index contributed by atoms with van der Waals surface area (Å²) in [4.78, 5) is 24.6. The number of hydrogen-bond donors (Lipinski definition) is 1. The molecular weight excluding hydrogens is 390 g/mol. The molecule has 0 aliphatic rings. The van der Waals surface area contributed by atoms with E-state index in [-0.39, 0.29) is 5.56 Å². The number of hydrogen-bond acceptors (Lipinski definition) is 4. The molecule has 29 heavy (non-hydrogen) atoms. The molecule has 0 bridgehead atoms. The first kappa shape index (κ1) is 20.4. The summed E-state index contributed by atoms with van der Waals surface area (Å²) in [5.41, 5.74) is 2.94. The van der Waals surface area contributed by atoms with Crippen LogP contribution in [0.3, 0.4) is 0 Å². The number of benzene rings is 3. The molecule has 0 radical (unpaired) electrons. The van der Waals surface area contributed by atoms with Gasteiger partial charge in [-0.05, 0) is 41.8 Å². The second-order valence-corrected chi connectivity index (χ2v) is 6.72. The monoisotopic (exact) mass is 409 g/mol. The van der Waals surface area contributed by atoms with Gasteiger partial charge in [0.2, 0.25) is 0 Å². The van der Waals surface area contributed by atoms with Gasteiger partial charge in [0.25, 0.3) is 5.91 Å². The minimum Gasteiger partial charge on any atom is -0.496 e. The van der Waals surface area contributed by atoms with Crippen molar-refractivity contribution in [3.63, 3.8) is 0 Å². The summed E-state index contributed by atoms with van der Waals surface area (Å²) in [6, 6.07) is 22.1. The number of carbonyl (C=O) groups is 2. The Labute approximate surface area is 174 Å². The highest BCUT2D eigenvalue weighted by Gasteiger charge is 2.16. The molecular formula is C23H20ClNO4. The van der Waals surface area contributed by atoms with Crippen molar-refractivity contribution in [1.29, 1.82) is 0 Å². The molecule has 0 saturated heterocycles. The van der Waals surface area contributed by atoms with Crippen LogP contribution in [0.1, 0.15) is 21.5 Å². The lowest BCUT2D eigenvalue weighted by Crippen LogP contribution is -2.21. The van der Waals surface area contributed by atoms with E-state index in [0.717, 1.165) is 11.1 Å². The summed E-state index contributed by atoms with van der Waals surface area (Å²) < 4.78 is 10.3. The van der Waals surface area contributed by atoms with Crippen molar-refractivity contribution >= 4 is 29.2 Å². The first-order valence-corrected chi connectivity index (χ1v) is 9.37. The number of ether oxygens (including phenoxy) is 2. The van der Waals surface area contributed by atoms with Crippen molar-refractivity contribution in [2.24, 2.45) is 0 Å². The van der Waals surface area contributed by atoms with Gasteiger partial charge in [0.05, 0.1) is 7.11 Å². The first-order chi connectivity index (χ1) is 14.1. The fraction of sp³-hybridized carbons (Fsp3) is 0.130. The van der Waals surface area contributed by atoms with Crippen molar-refractivity contribution in [2.45, 2.75) is 6.42 Å². The predicted molar refractivity (Wildman–Crippen MR) is 113 cm³/mol. The van der Waals surface area contributed by atoms with Gasteiger partial charge in [0.1, 0.15) is 11.3 Å². The van der Waals surface area contributed by atoms with Gasteiger partial charge < -0.3 is 14.8 Å². The maximum Gasteiger partial charge on any atom is 0.342 e. The summed E-state index contributed by atoms with van der Waals surface area (Å²) in [6.45, 7) is -0.422. The van der Waals surface area contributed by atoms with Crippen LogP contribution in [0.4, 0.5) is 5.69 Å². The Hall–Kier alpha value is -3.31.